The van der Waals surface area contributed by atoms with E-state index in [0.717, 1.165) is 6.07 Å². The molecule has 1 fully saturated rings. The summed E-state index contributed by atoms with van der Waals surface area (Å²) in [6.45, 7) is 3.78. The molecule has 1 aromatic heterocycles. The number of nitrogens with zero attached hydrogens (tertiary/aromatic N) is 2. The molecule has 1 aliphatic heterocycles. The maximum atomic E-state index is 15.8. The van der Waals surface area contributed by atoms with E-state index >= 15 is 8.78 Å². The summed E-state index contributed by atoms with van der Waals surface area (Å²) in [5.74, 6) is -2.54. The standard InChI is InChI=1S/C23H22ClF2N3O3/c1-2-32-23(31)16-13-29(12-14-5-3-4-6-17(14)24)20-15(22(16)30)11-18(25)21(19(20)26)28-9-7-27-8-10-28/h3-6,11,13,27H,2,7-10,12H2,1H3. The first-order chi connectivity index (χ1) is 15.4. The minimum atomic E-state index is -0.848. The highest BCUT2D eigenvalue weighted by atomic mass is 35.5. The lowest BCUT2D eigenvalue weighted by Crippen LogP contribution is -2.44. The third kappa shape index (κ3) is 4.08. The van der Waals surface area contributed by atoms with Crippen LogP contribution in [0, 0.1) is 11.6 Å². The van der Waals surface area contributed by atoms with E-state index in [1.165, 1.54) is 10.8 Å². The Kier molecular flexibility index (Phi) is 6.43. The lowest BCUT2D eigenvalue weighted by atomic mass is 10.1. The minimum absolute atomic E-state index is 0.0610. The summed E-state index contributed by atoms with van der Waals surface area (Å²) in [4.78, 5) is 27.0. The molecule has 32 heavy (non-hydrogen) atoms. The minimum Gasteiger partial charge on any atom is -0.462 e. The molecule has 3 aromatic rings. The molecule has 0 amide bonds. The summed E-state index contributed by atoms with van der Waals surface area (Å²) >= 11 is 6.29. The average Bonchev–Trinajstić information content (AvgIpc) is 2.78. The van der Waals surface area contributed by atoms with Crippen LogP contribution in [0.1, 0.15) is 22.8 Å². The van der Waals surface area contributed by atoms with Gasteiger partial charge in [0.05, 0.1) is 17.5 Å². The topological polar surface area (TPSA) is 63.6 Å². The van der Waals surface area contributed by atoms with Crippen LogP contribution in [0.3, 0.4) is 0 Å². The van der Waals surface area contributed by atoms with Gasteiger partial charge in [-0.05, 0) is 24.6 Å². The second kappa shape index (κ2) is 9.26. The number of aromatic nitrogens is 1. The number of halogens is 3. The summed E-state index contributed by atoms with van der Waals surface area (Å²) in [5.41, 5.74) is -0.687. The van der Waals surface area contributed by atoms with Crippen molar-refractivity contribution < 1.29 is 18.3 Å². The largest absolute Gasteiger partial charge is 0.462 e. The zero-order chi connectivity index (χ0) is 22.8. The fourth-order valence-corrected chi connectivity index (χ4v) is 4.14. The quantitative estimate of drug-likeness (QED) is 0.589. The number of carbonyl (C=O) groups is 1. The Balaban J connectivity index is 1.98. The van der Waals surface area contributed by atoms with Crippen LogP contribution in [0.25, 0.3) is 10.9 Å². The second-order valence-corrected chi connectivity index (χ2v) is 7.87. The Labute approximate surface area is 188 Å². The predicted molar refractivity (Wildman–Crippen MR) is 120 cm³/mol. The third-order valence-electron chi connectivity index (χ3n) is 5.46. The predicted octanol–water partition coefficient (Wildman–Crippen LogP) is 3.57. The van der Waals surface area contributed by atoms with Crippen LogP contribution in [0.2, 0.25) is 5.02 Å². The van der Waals surface area contributed by atoms with Crippen molar-refractivity contribution in [2.75, 3.05) is 37.7 Å². The van der Waals surface area contributed by atoms with Crippen molar-refractivity contribution >= 4 is 34.2 Å². The van der Waals surface area contributed by atoms with Gasteiger partial charge in [-0.3, -0.25) is 4.79 Å². The summed E-state index contributed by atoms with van der Waals surface area (Å²) in [6.07, 6.45) is 1.26. The van der Waals surface area contributed by atoms with E-state index in [2.05, 4.69) is 5.32 Å². The summed E-state index contributed by atoms with van der Waals surface area (Å²) in [5, 5.41) is 3.36. The third-order valence-corrected chi connectivity index (χ3v) is 5.83. The normalized spacial score (nSPS) is 14.1. The molecule has 0 radical (unpaired) electrons. The van der Waals surface area contributed by atoms with Crippen molar-refractivity contribution in [3.8, 4) is 0 Å². The molecule has 0 atom stereocenters. The van der Waals surface area contributed by atoms with Gasteiger partial charge in [0.2, 0.25) is 5.43 Å². The molecule has 0 unspecified atom stereocenters. The van der Waals surface area contributed by atoms with Crippen molar-refractivity contribution in [2.45, 2.75) is 13.5 Å². The van der Waals surface area contributed by atoms with E-state index in [1.54, 1.807) is 36.1 Å². The highest BCUT2D eigenvalue weighted by molar-refractivity contribution is 6.31. The molecule has 0 bridgehead atoms. The Morgan fingerprint density at radius 2 is 1.94 bits per heavy atom. The molecule has 1 saturated heterocycles. The molecule has 2 heterocycles. The van der Waals surface area contributed by atoms with E-state index in [0.29, 0.717) is 36.8 Å². The number of esters is 1. The summed E-state index contributed by atoms with van der Waals surface area (Å²) < 4.78 is 37.3. The maximum Gasteiger partial charge on any atom is 0.343 e. The fourth-order valence-electron chi connectivity index (χ4n) is 3.94. The second-order valence-electron chi connectivity index (χ2n) is 7.47. The molecule has 0 spiro atoms. The molecule has 4 rings (SSSR count). The van der Waals surface area contributed by atoms with Gasteiger partial charge >= 0.3 is 5.97 Å². The van der Waals surface area contributed by atoms with Gasteiger partial charge < -0.3 is 19.5 Å². The molecule has 1 aliphatic rings. The molecule has 168 valence electrons. The van der Waals surface area contributed by atoms with Crippen LogP contribution in [0.4, 0.5) is 14.5 Å². The SMILES string of the molecule is CCOC(=O)c1cn(Cc2ccccc2Cl)c2c(F)c(N3CCNCC3)c(F)cc2c1=O. The Morgan fingerprint density at radius 1 is 1.22 bits per heavy atom. The maximum absolute atomic E-state index is 15.8. The number of pyridine rings is 1. The number of carbonyl (C=O) groups excluding carboxylic acids is 1. The first kappa shape index (κ1) is 22.2. The molecule has 9 heteroatoms. The first-order valence-electron chi connectivity index (χ1n) is 10.3. The molecule has 6 nitrogen and oxygen atoms in total. The van der Waals surface area contributed by atoms with Gasteiger partial charge in [-0.1, -0.05) is 29.8 Å². The van der Waals surface area contributed by atoms with Crippen LogP contribution >= 0.6 is 11.6 Å². The molecular formula is C23H22ClF2N3O3. The van der Waals surface area contributed by atoms with E-state index in [1.807, 2.05) is 0 Å². The molecule has 1 N–H and O–H groups in total. The van der Waals surface area contributed by atoms with Gasteiger partial charge in [-0.15, -0.1) is 0 Å². The Hall–Kier alpha value is -2.97. The van der Waals surface area contributed by atoms with Gasteiger partial charge in [0.15, 0.2) is 5.82 Å². The van der Waals surface area contributed by atoms with Crippen LogP contribution in [-0.2, 0) is 11.3 Å². The zero-order valence-corrected chi connectivity index (χ0v) is 18.2. The smallest absolute Gasteiger partial charge is 0.343 e. The van der Waals surface area contributed by atoms with Crippen molar-refractivity contribution in [2.24, 2.45) is 0 Å². The van der Waals surface area contributed by atoms with Crippen LogP contribution in [0.5, 0.6) is 0 Å². The highest BCUT2D eigenvalue weighted by Crippen LogP contribution is 2.31. The van der Waals surface area contributed by atoms with Crippen molar-refractivity contribution in [1.29, 1.82) is 0 Å². The number of hydrogen-bond donors (Lipinski definition) is 1. The average molecular weight is 462 g/mol. The number of rotatable bonds is 5. The number of piperazine rings is 1. The van der Waals surface area contributed by atoms with Crippen molar-refractivity contribution in [3.05, 3.63) is 74.5 Å². The van der Waals surface area contributed by atoms with Crippen molar-refractivity contribution in [1.82, 2.24) is 9.88 Å². The molecule has 2 aromatic carbocycles. The number of benzene rings is 2. The lowest BCUT2D eigenvalue weighted by Gasteiger charge is -2.30. The molecule has 0 aliphatic carbocycles. The van der Waals surface area contributed by atoms with E-state index in [9.17, 15) is 9.59 Å². The van der Waals surface area contributed by atoms with Gasteiger partial charge in [0.25, 0.3) is 0 Å². The number of fused-ring (bicyclic) bond motifs is 1. The van der Waals surface area contributed by atoms with Crippen LogP contribution < -0.4 is 15.6 Å². The number of nitrogens with one attached hydrogen (secondary N) is 1. The summed E-state index contributed by atoms with van der Waals surface area (Å²) in [6, 6.07) is 7.99. The van der Waals surface area contributed by atoms with Gasteiger partial charge in [0, 0.05) is 43.9 Å². The van der Waals surface area contributed by atoms with E-state index in [-0.39, 0.29) is 35.3 Å². The van der Waals surface area contributed by atoms with Crippen molar-refractivity contribution in [3.63, 3.8) is 0 Å². The van der Waals surface area contributed by atoms with E-state index < -0.39 is 23.0 Å². The zero-order valence-electron chi connectivity index (χ0n) is 17.5. The Bertz CT molecular complexity index is 1240. The Morgan fingerprint density at radius 3 is 2.62 bits per heavy atom. The highest BCUT2D eigenvalue weighted by Gasteiger charge is 2.26. The van der Waals surface area contributed by atoms with Crippen LogP contribution in [0.15, 0.2) is 41.3 Å². The van der Waals surface area contributed by atoms with Gasteiger partial charge in [-0.2, -0.15) is 0 Å². The molecule has 0 saturated carbocycles. The van der Waals surface area contributed by atoms with Crippen LogP contribution in [-0.4, -0.2) is 43.3 Å². The number of anilines is 1. The van der Waals surface area contributed by atoms with E-state index in [4.69, 9.17) is 16.3 Å². The monoisotopic (exact) mass is 461 g/mol. The number of hydrogen-bond acceptors (Lipinski definition) is 5. The summed E-state index contributed by atoms with van der Waals surface area (Å²) in [7, 11) is 0. The number of ether oxygens (including phenoxy) is 1. The first-order valence-corrected chi connectivity index (χ1v) is 10.7. The molecular weight excluding hydrogens is 440 g/mol. The van der Waals surface area contributed by atoms with Gasteiger partial charge in [-0.25, -0.2) is 13.6 Å². The van der Waals surface area contributed by atoms with Gasteiger partial charge in [0.1, 0.15) is 17.1 Å². The lowest BCUT2D eigenvalue weighted by molar-refractivity contribution is 0.0524. The fraction of sp³-hybridized carbons (Fsp3) is 0.304.